The molecule has 13 heteroatoms. The van der Waals surface area contributed by atoms with Gasteiger partial charge in [0.2, 0.25) is 5.91 Å². The number of H-pyrrole nitrogens is 1. The Morgan fingerprint density at radius 3 is 2.62 bits per heavy atom. The maximum Gasteiger partial charge on any atom is 0.312 e. The van der Waals surface area contributed by atoms with E-state index in [0.29, 0.717) is 15.7 Å². The van der Waals surface area contributed by atoms with E-state index in [2.05, 4.69) is 25.5 Å². The summed E-state index contributed by atoms with van der Waals surface area (Å²) >= 11 is 7.38. The number of carboxylic acid groups (broad SMARTS) is 1. The molecule has 3 aromatic rings. The molecule has 4 heterocycles. The highest BCUT2D eigenvalue weighted by atomic mass is 35.5. The van der Waals surface area contributed by atoms with Crippen LogP contribution in [-0.2, 0) is 22.6 Å². The molecule has 1 fully saturated rings. The molecule has 2 aliphatic rings. The van der Waals surface area contributed by atoms with Crippen molar-refractivity contribution in [3.8, 4) is 0 Å². The third-order valence-corrected chi connectivity index (χ3v) is 7.87. The van der Waals surface area contributed by atoms with Crippen molar-refractivity contribution in [3.05, 3.63) is 50.6 Å². The second-order valence-electron chi connectivity index (χ2n) is 9.32. The van der Waals surface area contributed by atoms with E-state index in [-0.39, 0.29) is 19.0 Å². The number of hydrogen-bond acceptors (Lipinski definition) is 7. The lowest BCUT2D eigenvalue weighted by atomic mass is 10.1. The molecule has 0 unspecified atom stereocenters. The van der Waals surface area contributed by atoms with Crippen molar-refractivity contribution in [2.45, 2.75) is 31.5 Å². The molecule has 0 saturated carbocycles. The zero-order chi connectivity index (χ0) is 26.3. The molecule has 0 bridgehead atoms. The van der Waals surface area contributed by atoms with Crippen LogP contribution >= 0.6 is 22.9 Å². The highest BCUT2D eigenvalue weighted by Crippen LogP contribution is 2.25. The fourth-order valence-electron chi connectivity index (χ4n) is 4.66. The first-order chi connectivity index (χ1) is 17.7. The SMILES string of the molecule is CN1CCc2nc(C(=O)N[C@@H]3CN(C(=O)CC(=O)O)C[C@H]3NC(=O)c3cc4cc(Cl)ccc4[nH]3)sc2C1. The van der Waals surface area contributed by atoms with Crippen LogP contribution in [0.15, 0.2) is 24.3 Å². The number of aliphatic carboxylic acids is 1. The number of likely N-dealkylation sites (tertiary alicyclic amines) is 1. The number of thiazole rings is 1. The minimum Gasteiger partial charge on any atom is -0.481 e. The van der Waals surface area contributed by atoms with E-state index in [4.69, 9.17) is 16.7 Å². The first-order valence-corrected chi connectivity index (χ1v) is 12.9. The Labute approximate surface area is 220 Å². The molecule has 5 rings (SSSR count). The number of halogens is 1. The van der Waals surface area contributed by atoms with Crippen LogP contribution in [0.25, 0.3) is 10.9 Å². The Hall–Kier alpha value is -3.48. The van der Waals surface area contributed by atoms with Gasteiger partial charge in [0, 0.05) is 53.4 Å². The topological polar surface area (TPSA) is 148 Å². The maximum atomic E-state index is 13.1. The van der Waals surface area contributed by atoms with Crippen LogP contribution in [0, 0.1) is 0 Å². The van der Waals surface area contributed by atoms with Crippen molar-refractivity contribution < 1.29 is 24.3 Å². The standard InChI is InChI=1S/C24H25ClN6O5S/c1-30-5-4-15-19(11-30)37-24(29-15)23(36)28-18-10-31(20(32)8-21(33)34)9-17(18)27-22(35)16-7-12-6-13(25)2-3-14(12)26-16/h2-3,6-7,17-18,26H,4-5,8-11H2,1H3,(H,27,35)(H,28,36)(H,33,34)/t17-,18-/m1/s1. The van der Waals surface area contributed by atoms with Crippen molar-refractivity contribution in [2.75, 3.05) is 26.7 Å². The zero-order valence-electron chi connectivity index (χ0n) is 19.9. The molecular formula is C24H25ClN6O5S. The fraction of sp³-hybridized carbons (Fsp3) is 0.375. The summed E-state index contributed by atoms with van der Waals surface area (Å²) in [6.45, 7) is 1.73. The third-order valence-electron chi connectivity index (χ3n) is 6.55. The highest BCUT2D eigenvalue weighted by molar-refractivity contribution is 7.13. The number of rotatable bonds is 6. The molecule has 0 radical (unpaired) electrons. The summed E-state index contributed by atoms with van der Waals surface area (Å²) in [5.74, 6) is -2.64. The molecule has 194 valence electrons. The lowest BCUT2D eigenvalue weighted by molar-refractivity contribution is -0.143. The lowest BCUT2D eigenvalue weighted by Crippen LogP contribution is -2.51. The number of amides is 3. The van der Waals surface area contributed by atoms with E-state index in [0.717, 1.165) is 41.0 Å². The quantitative estimate of drug-likeness (QED) is 0.343. The zero-order valence-corrected chi connectivity index (χ0v) is 21.5. The van der Waals surface area contributed by atoms with Gasteiger partial charge in [0.05, 0.1) is 17.8 Å². The number of aromatic amines is 1. The molecule has 4 N–H and O–H groups in total. The molecule has 1 saturated heterocycles. The van der Waals surface area contributed by atoms with E-state index in [9.17, 15) is 19.2 Å². The first-order valence-electron chi connectivity index (χ1n) is 11.7. The minimum absolute atomic E-state index is 0.0635. The Balaban J connectivity index is 1.33. The van der Waals surface area contributed by atoms with Crippen molar-refractivity contribution in [1.82, 2.24) is 30.4 Å². The van der Waals surface area contributed by atoms with Crippen LogP contribution in [0.2, 0.25) is 5.02 Å². The van der Waals surface area contributed by atoms with E-state index in [1.54, 1.807) is 24.3 Å². The summed E-state index contributed by atoms with van der Waals surface area (Å²) in [5, 5.41) is 16.5. The molecule has 3 amide bonds. The minimum atomic E-state index is -1.24. The third kappa shape index (κ3) is 5.45. The Morgan fingerprint density at radius 2 is 1.89 bits per heavy atom. The molecular weight excluding hydrogens is 520 g/mol. The number of likely N-dealkylation sites (N-methyl/N-ethyl adjacent to an activating group) is 1. The van der Waals surface area contributed by atoms with Gasteiger partial charge in [-0.25, -0.2) is 4.98 Å². The van der Waals surface area contributed by atoms with Gasteiger partial charge in [-0.2, -0.15) is 0 Å². The van der Waals surface area contributed by atoms with Gasteiger partial charge >= 0.3 is 5.97 Å². The number of aromatic nitrogens is 2. The normalized spacial score (nSPS) is 19.6. The van der Waals surface area contributed by atoms with Crippen LogP contribution < -0.4 is 10.6 Å². The van der Waals surface area contributed by atoms with Gasteiger partial charge in [-0.15, -0.1) is 11.3 Å². The van der Waals surface area contributed by atoms with Gasteiger partial charge in [-0.1, -0.05) is 11.6 Å². The van der Waals surface area contributed by atoms with Gasteiger partial charge in [0.1, 0.15) is 12.1 Å². The highest BCUT2D eigenvalue weighted by Gasteiger charge is 2.38. The van der Waals surface area contributed by atoms with Gasteiger partial charge in [-0.05, 0) is 31.3 Å². The first kappa shape index (κ1) is 25.2. The molecule has 0 spiro atoms. The predicted molar refractivity (Wildman–Crippen MR) is 137 cm³/mol. The number of hydrogen-bond donors (Lipinski definition) is 4. The number of benzene rings is 1. The molecule has 11 nitrogen and oxygen atoms in total. The summed E-state index contributed by atoms with van der Waals surface area (Å²) in [6, 6.07) is 5.63. The van der Waals surface area contributed by atoms with Crippen molar-refractivity contribution >= 4 is 57.5 Å². The summed E-state index contributed by atoms with van der Waals surface area (Å²) in [4.78, 5) is 61.8. The number of fused-ring (bicyclic) bond motifs is 2. The second-order valence-corrected chi connectivity index (χ2v) is 10.8. The van der Waals surface area contributed by atoms with Gasteiger partial charge in [-0.3, -0.25) is 19.2 Å². The molecule has 1 aromatic carbocycles. The average molecular weight is 545 g/mol. The lowest BCUT2D eigenvalue weighted by Gasteiger charge is -2.20. The Bertz CT molecular complexity index is 1400. The molecule has 2 aliphatic heterocycles. The number of carboxylic acids is 1. The molecule has 0 aliphatic carbocycles. The summed E-state index contributed by atoms with van der Waals surface area (Å²) in [5.41, 5.74) is 1.96. The Morgan fingerprint density at radius 1 is 1.16 bits per heavy atom. The van der Waals surface area contributed by atoms with E-state index >= 15 is 0 Å². The summed E-state index contributed by atoms with van der Waals surface area (Å²) in [7, 11) is 2.01. The Kier molecular flexibility index (Phi) is 6.88. The largest absolute Gasteiger partial charge is 0.481 e. The average Bonchev–Trinajstić information content (AvgIpc) is 3.55. The smallest absolute Gasteiger partial charge is 0.312 e. The second kappa shape index (κ2) is 10.1. The number of nitrogens with one attached hydrogen (secondary N) is 3. The van der Waals surface area contributed by atoms with E-state index < -0.39 is 36.3 Å². The molecule has 37 heavy (non-hydrogen) atoms. The summed E-state index contributed by atoms with van der Waals surface area (Å²) in [6.07, 6.45) is 0.0989. The van der Waals surface area contributed by atoms with E-state index in [1.165, 1.54) is 16.2 Å². The van der Waals surface area contributed by atoms with Crippen LogP contribution in [0.4, 0.5) is 0 Å². The predicted octanol–water partition coefficient (Wildman–Crippen LogP) is 1.48. The molecule has 2 atom stereocenters. The van der Waals surface area contributed by atoms with E-state index in [1.807, 2.05) is 7.05 Å². The maximum absolute atomic E-state index is 13.1. The molecule has 2 aromatic heterocycles. The van der Waals surface area contributed by atoms with Crippen LogP contribution in [0.5, 0.6) is 0 Å². The van der Waals surface area contributed by atoms with Crippen LogP contribution in [0.1, 0.15) is 37.3 Å². The van der Waals surface area contributed by atoms with Crippen molar-refractivity contribution in [1.29, 1.82) is 0 Å². The van der Waals surface area contributed by atoms with Gasteiger partial charge in [0.15, 0.2) is 5.01 Å². The van der Waals surface area contributed by atoms with Crippen molar-refractivity contribution in [3.63, 3.8) is 0 Å². The van der Waals surface area contributed by atoms with Gasteiger partial charge < -0.3 is 30.5 Å². The van der Waals surface area contributed by atoms with Crippen molar-refractivity contribution in [2.24, 2.45) is 0 Å². The van der Waals surface area contributed by atoms with Crippen LogP contribution in [-0.4, -0.2) is 87.3 Å². The van der Waals surface area contributed by atoms with Gasteiger partial charge in [0.25, 0.3) is 11.8 Å². The number of carbonyl (C=O) groups is 4. The number of carbonyl (C=O) groups excluding carboxylic acids is 3. The van der Waals surface area contributed by atoms with Crippen LogP contribution in [0.3, 0.4) is 0 Å². The number of nitrogens with zero attached hydrogens (tertiary/aromatic N) is 3. The monoisotopic (exact) mass is 544 g/mol. The summed E-state index contributed by atoms with van der Waals surface area (Å²) < 4.78 is 0. The fourth-order valence-corrected chi connectivity index (χ4v) is 5.94.